The van der Waals surface area contributed by atoms with Crippen molar-refractivity contribution in [2.75, 3.05) is 0 Å². The Kier molecular flexibility index (Phi) is 4.06. The van der Waals surface area contributed by atoms with Crippen LogP contribution in [-0.2, 0) is 0 Å². The van der Waals surface area contributed by atoms with Gasteiger partial charge in [0, 0.05) is 4.88 Å². The summed E-state index contributed by atoms with van der Waals surface area (Å²) in [5.41, 5.74) is 1.10. The van der Waals surface area contributed by atoms with E-state index in [1.54, 1.807) is 11.3 Å². The normalized spacial score (nSPS) is 11.5. The van der Waals surface area contributed by atoms with E-state index in [2.05, 4.69) is 5.32 Å². The Balaban J connectivity index is 2.85. The first-order chi connectivity index (χ1) is 6.29. The lowest BCUT2D eigenvalue weighted by Crippen LogP contribution is -2.33. The highest BCUT2D eigenvalue weighted by Crippen LogP contribution is 2.26. The Morgan fingerprint density at radius 1 is 1.43 bits per heavy atom. The van der Waals surface area contributed by atoms with Gasteiger partial charge in [0.05, 0.1) is 4.88 Å². The molecule has 1 aromatic heterocycles. The second-order valence-corrected chi connectivity index (χ2v) is 6.77. The molecule has 1 nitrogen and oxygen atoms in total. The zero-order valence-corrected chi connectivity index (χ0v) is 11.4. The van der Waals surface area contributed by atoms with Gasteiger partial charge in [-0.15, -0.1) is 11.3 Å². The molecule has 0 saturated heterocycles. The molecule has 1 aromatic rings. The molecule has 0 atom stereocenters. The van der Waals surface area contributed by atoms with Gasteiger partial charge in [-0.25, -0.2) is 0 Å². The second kappa shape index (κ2) is 4.54. The summed E-state index contributed by atoms with van der Waals surface area (Å²) in [4.78, 5) is 2.61. The number of thiocarbonyl (C=S) groups is 1. The summed E-state index contributed by atoms with van der Waals surface area (Å²) >= 11 is 23.4. The third-order valence-electron chi connectivity index (χ3n) is 1.50. The van der Waals surface area contributed by atoms with Crippen molar-refractivity contribution in [2.24, 2.45) is 0 Å². The molecule has 0 aromatic carbocycles. The second-order valence-electron chi connectivity index (χ2n) is 2.82. The summed E-state index contributed by atoms with van der Waals surface area (Å²) in [7, 11) is 0. The van der Waals surface area contributed by atoms with E-state index < -0.39 is 3.92 Å². The molecule has 0 aliphatic rings. The van der Waals surface area contributed by atoms with Crippen LogP contribution in [0.15, 0.2) is 6.07 Å². The highest BCUT2D eigenvalue weighted by Gasteiger charge is 2.22. The van der Waals surface area contributed by atoms with E-state index >= 15 is 0 Å². The Morgan fingerprint density at radius 3 is 2.36 bits per heavy atom. The standard InChI is InChI=1S/C8H8Cl3NS2/c1-4-3-5(2)14-6(4)7(13)12-8(9,10)11/h3H,1-2H3,(H,12,13). The van der Waals surface area contributed by atoms with Crippen LogP contribution in [0.5, 0.6) is 0 Å². The van der Waals surface area contributed by atoms with Crippen molar-refractivity contribution >= 4 is 63.3 Å². The van der Waals surface area contributed by atoms with Crippen LogP contribution in [0.2, 0.25) is 0 Å². The van der Waals surface area contributed by atoms with Gasteiger partial charge in [0.25, 0.3) is 3.92 Å². The average Bonchev–Trinajstić information content (AvgIpc) is 2.26. The minimum absolute atomic E-state index is 0.473. The predicted octanol–water partition coefficient (Wildman–Crippen LogP) is 3.96. The van der Waals surface area contributed by atoms with Gasteiger partial charge in [-0.05, 0) is 25.5 Å². The summed E-state index contributed by atoms with van der Waals surface area (Å²) in [5.74, 6) is 0. The van der Waals surface area contributed by atoms with Gasteiger partial charge in [0.15, 0.2) is 0 Å². The van der Waals surface area contributed by atoms with Gasteiger partial charge in [-0.1, -0.05) is 47.0 Å². The summed E-state index contributed by atoms with van der Waals surface area (Å²) in [5, 5.41) is 2.63. The fourth-order valence-electron chi connectivity index (χ4n) is 1.05. The van der Waals surface area contributed by atoms with Crippen LogP contribution in [0.25, 0.3) is 0 Å². The lowest BCUT2D eigenvalue weighted by molar-refractivity contribution is 0.992. The molecule has 1 rings (SSSR count). The van der Waals surface area contributed by atoms with Gasteiger partial charge in [-0.3, -0.25) is 0 Å². The SMILES string of the molecule is Cc1cc(C)c(C(=S)NC(Cl)(Cl)Cl)s1. The smallest absolute Gasteiger partial charge is 0.266 e. The fraction of sp³-hybridized carbons (Fsp3) is 0.375. The van der Waals surface area contributed by atoms with E-state index in [0.29, 0.717) is 4.99 Å². The molecule has 0 spiro atoms. The lowest BCUT2D eigenvalue weighted by Gasteiger charge is -2.14. The van der Waals surface area contributed by atoms with Crippen molar-refractivity contribution in [3.63, 3.8) is 0 Å². The van der Waals surface area contributed by atoms with Gasteiger partial charge >= 0.3 is 0 Å². The fourth-order valence-corrected chi connectivity index (χ4v) is 2.86. The molecule has 14 heavy (non-hydrogen) atoms. The molecule has 78 valence electrons. The first-order valence-electron chi connectivity index (χ1n) is 3.76. The van der Waals surface area contributed by atoms with E-state index in [1.807, 2.05) is 19.9 Å². The zero-order valence-electron chi connectivity index (χ0n) is 7.53. The van der Waals surface area contributed by atoms with Crippen molar-refractivity contribution in [3.8, 4) is 0 Å². The Hall–Kier alpha value is 0.460. The molecule has 0 amide bonds. The number of nitrogens with one attached hydrogen (secondary N) is 1. The molecule has 0 aliphatic carbocycles. The average molecular weight is 289 g/mol. The summed E-state index contributed by atoms with van der Waals surface area (Å²) in [6, 6.07) is 2.05. The van der Waals surface area contributed by atoms with E-state index in [4.69, 9.17) is 47.0 Å². The summed E-state index contributed by atoms with van der Waals surface area (Å²) in [6.07, 6.45) is 0. The number of halogens is 3. The van der Waals surface area contributed by atoms with Crippen molar-refractivity contribution in [3.05, 3.63) is 21.4 Å². The van der Waals surface area contributed by atoms with Crippen LogP contribution in [0.4, 0.5) is 0 Å². The van der Waals surface area contributed by atoms with Gasteiger partial charge < -0.3 is 5.32 Å². The van der Waals surface area contributed by atoms with Crippen molar-refractivity contribution in [1.29, 1.82) is 0 Å². The monoisotopic (exact) mass is 287 g/mol. The van der Waals surface area contributed by atoms with E-state index in [0.717, 1.165) is 10.4 Å². The molecule has 0 bridgehead atoms. The maximum atomic E-state index is 5.57. The maximum absolute atomic E-state index is 5.57. The van der Waals surface area contributed by atoms with Crippen LogP contribution in [-0.4, -0.2) is 8.90 Å². The van der Waals surface area contributed by atoms with Crippen LogP contribution in [0.3, 0.4) is 0 Å². The van der Waals surface area contributed by atoms with Gasteiger partial charge in [0.1, 0.15) is 4.99 Å². The highest BCUT2D eigenvalue weighted by molar-refractivity contribution is 7.81. The van der Waals surface area contributed by atoms with Crippen LogP contribution in [0.1, 0.15) is 15.3 Å². The largest absolute Gasteiger partial charge is 0.332 e. The minimum atomic E-state index is -1.54. The number of hydrogen-bond acceptors (Lipinski definition) is 2. The minimum Gasteiger partial charge on any atom is -0.332 e. The number of rotatable bonds is 1. The topological polar surface area (TPSA) is 12.0 Å². The van der Waals surface area contributed by atoms with E-state index in [-0.39, 0.29) is 0 Å². The number of hydrogen-bond donors (Lipinski definition) is 1. The highest BCUT2D eigenvalue weighted by atomic mass is 35.6. The van der Waals surface area contributed by atoms with Gasteiger partial charge in [0.2, 0.25) is 0 Å². The molecule has 0 radical (unpaired) electrons. The molecule has 0 aliphatic heterocycles. The molecule has 0 unspecified atom stereocenters. The Bertz CT molecular complexity index is 354. The molecule has 1 N–H and O–H groups in total. The van der Waals surface area contributed by atoms with Gasteiger partial charge in [-0.2, -0.15) is 0 Å². The maximum Gasteiger partial charge on any atom is 0.266 e. The molecule has 6 heteroatoms. The molecule has 1 heterocycles. The summed E-state index contributed by atoms with van der Waals surface area (Å²) in [6.45, 7) is 3.99. The van der Waals surface area contributed by atoms with E-state index in [1.165, 1.54) is 4.88 Å². The Morgan fingerprint density at radius 2 is 2.00 bits per heavy atom. The quantitative estimate of drug-likeness (QED) is 0.477. The van der Waals surface area contributed by atoms with Crippen LogP contribution < -0.4 is 5.32 Å². The third kappa shape index (κ3) is 3.55. The zero-order chi connectivity index (χ0) is 10.9. The number of aryl methyl sites for hydroxylation is 2. The first kappa shape index (κ1) is 12.5. The molecular formula is C8H8Cl3NS2. The van der Waals surface area contributed by atoms with Crippen molar-refractivity contribution < 1.29 is 0 Å². The molecule has 0 saturated carbocycles. The summed E-state index contributed by atoms with van der Waals surface area (Å²) < 4.78 is -1.54. The van der Waals surface area contributed by atoms with Crippen LogP contribution in [0, 0.1) is 13.8 Å². The number of alkyl halides is 3. The van der Waals surface area contributed by atoms with Crippen LogP contribution >= 0.6 is 58.4 Å². The lowest BCUT2D eigenvalue weighted by atomic mass is 10.3. The molecule has 0 fully saturated rings. The molecular weight excluding hydrogens is 281 g/mol. The Labute approximate surface area is 107 Å². The third-order valence-corrected chi connectivity index (χ3v) is 3.39. The first-order valence-corrected chi connectivity index (χ1v) is 6.12. The number of thiophene rings is 1. The van der Waals surface area contributed by atoms with Crippen molar-refractivity contribution in [1.82, 2.24) is 5.32 Å². The van der Waals surface area contributed by atoms with Crippen molar-refractivity contribution in [2.45, 2.75) is 17.8 Å². The van der Waals surface area contributed by atoms with E-state index in [9.17, 15) is 0 Å². The predicted molar refractivity (Wildman–Crippen MR) is 68.9 cm³/mol.